The van der Waals surface area contributed by atoms with Gasteiger partial charge in [-0.25, -0.2) is 0 Å². The Morgan fingerprint density at radius 3 is 2.35 bits per heavy atom. The third kappa shape index (κ3) is 3.84. The molecule has 20 heavy (non-hydrogen) atoms. The molecule has 6 nitrogen and oxygen atoms in total. The van der Waals surface area contributed by atoms with E-state index in [2.05, 4.69) is 14.5 Å². The van der Waals surface area contributed by atoms with Crippen molar-refractivity contribution in [1.82, 2.24) is 4.98 Å². The zero-order valence-corrected chi connectivity index (χ0v) is 12.1. The maximum absolute atomic E-state index is 11.4. The standard InChI is InChI=1S/C13H16ClNO5/c1-19-12(17)4-3-8-9(5-13(18)20-2)11(7-16)15-10(8)6-14/h7,15H,3-6H2,1-2H3. The van der Waals surface area contributed by atoms with Gasteiger partial charge in [-0.1, -0.05) is 0 Å². The van der Waals surface area contributed by atoms with E-state index in [1.165, 1.54) is 14.2 Å². The number of methoxy groups -OCH3 is 2. The van der Waals surface area contributed by atoms with Crippen LogP contribution in [0.5, 0.6) is 0 Å². The number of nitrogens with one attached hydrogen (secondary N) is 1. The summed E-state index contributed by atoms with van der Waals surface area (Å²) < 4.78 is 9.18. The number of carbonyl (C=O) groups is 3. The molecule has 0 atom stereocenters. The Labute approximate surface area is 121 Å². The monoisotopic (exact) mass is 301 g/mol. The fraction of sp³-hybridized carbons (Fsp3) is 0.462. The van der Waals surface area contributed by atoms with Crippen LogP contribution in [0.25, 0.3) is 0 Å². The molecule has 1 N–H and O–H groups in total. The van der Waals surface area contributed by atoms with E-state index < -0.39 is 5.97 Å². The lowest BCUT2D eigenvalue weighted by atomic mass is 10.0. The molecule has 0 saturated carbocycles. The summed E-state index contributed by atoms with van der Waals surface area (Å²) in [6.07, 6.45) is 1.06. The van der Waals surface area contributed by atoms with Gasteiger partial charge in [0.05, 0.1) is 32.2 Å². The molecule has 0 aromatic carbocycles. The van der Waals surface area contributed by atoms with E-state index in [1.807, 2.05) is 0 Å². The molecule has 1 rings (SSSR count). The minimum Gasteiger partial charge on any atom is -0.469 e. The highest BCUT2D eigenvalue weighted by Gasteiger charge is 2.20. The predicted octanol–water partition coefficient (Wildman–Crippen LogP) is 1.39. The topological polar surface area (TPSA) is 85.5 Å². The van der Waals surface area contributed by atoms with Crippen LogP contribution in [0.1, 0.15) is 33.7 Å². The van der Waals surface area contributed by atoms with E-state index in [9.17, 15) is 14.4 Å². The average Bonchev–Trinajstić information content (AvgIpc) is 2.81. The van der Waals surface area contributed by atoms with Crippen LogP contribution in [-0.4, -0.2) is 37.4 Å². The van der Waals surface area contributed by atoms with E-state index in [4.69, 9.17) is 11.6 Å². The summed E-state index contributed by atoms with van der Waals surface area (Å²) in [5.74, 6) is -0.686. The largest absolute Gasteiger partial charge is 0.469 e. The molecule has 0 bridgehead atoms. The summed E-state index contributed by atoms with van der Waals surface area (Å²) in [5, 5.41) is 0. The normalized spacial score (nSPS) is 10.2. The average molecular weight is 302 g/mol. The number of aromatic amines is 1. The van der Waals surface area contributed by atoms with Gasteiger partial charge in [-0.2, -0.15) is 0 Å². The van der Waals surface area contributed by atoms with Crippen LogP contribution >= 0.6 is 11.6 Å². The molecular weight excluding hydrogens is 286 g/mol. The second-order valence-corrected chi connectivity index (χ2v) is 4.32. The SMILES string of the molecule is COC(=O)CCc1c(CCl)[nH]c(C=O)c1CC(=O)OC. The molecule has 7 heteroatoms. The van der Waals surface area contributed by atoms with Gasteiger partial charge >= 0.3 is 11.9 Å². The van der Waals surface area contributed by atoms with E-state index >= 15 is 0 Å². The lowest BCUT2D eigenvalue weighted by molar-refractivity contribution is -0.140. The predicted molar refractivity (Wildman–Crippen MR) is 71.8 cm³/mol. The fourth-order valence-electron chi connectivity index (χ4n) is 1.92. The minimum absolute atomic E-state index is 0.0472. The number of hydrogen-bond acceptors (Lipinski definition) is 5. The number of aromatic nitrogens is 1. The summed E-state index contributed by atoms with van der Waals surface area (Å²) in [4.78, 5) is 36.6. The van der Waals surface area contributed by atoms with E-state index in [0.717, 1.165) is 0 Å². The van der Waals surface area contributed by atoms with Crippen LogP contribution < -0.4 is 0 Å². The highest BCUT2D eigenvalue weighted by atomic mass is 35.5. The van der Waals surface area contributed by atoms with Gasteiger partial charge in [0.25, 0.3) is 0 Å². The molecule has 0 aliphatic heterocycles. The maximum Gasteiger partial charge on any atom is 0.310 e. The van der Waals surface area contributed by atoms with Crippen molar-refractivity contribution in [1.29, 1.82) is 0 Å². The van der Waals surface area contributed by atoms with Crippen LogP contribution in [0.15, 0.2) is 0 Å². The number of H-pyrrole nitrogens is 1. The Balaban J connectivity index is 3.09. The van der Waals surface area contributed by atoms with Crippen LogP contribution in [0.4, 0.5) is 0 Å². The Bertz CT molecular complexity index is 509. The number of esters is 2. The molecule has 0 fully saturated rings. The molecule has 0 saturated heterocycles. The number of halogens is 1. The third-order valence-electron chi connectivity index (χ3n) is 2.95. The smallest absolute Gasteiger partial charge is 0.310 e. The quantitative estimate of drug-likeness (QED) is 0.467. The number of carbonyl (C=O) groups excluding carboxylic acids is 3. The Morgan fingerprint density at radius 1 is 1.20 bits per heavy atom. The third-order valence-corrected chi connectivity index (χ3v) is 3.21. The van der Waals surface area contributed by atoms with Crippen LogP contribution in [0.2, 0.25) is 0 Å². The Morgan fingerprint density at radius 2 is 1.85 bits per heavy atom. The molecule has 1 aromatic rings. The molecule has 0 radical (unpaired) electrons. The molecule has 110 valence electrons. The Hall–Kier alpha value is -1.82. The number of ether oxygens (including phenoxy) is 2. The Kier molecular flexibility index (Phi) is 6.24. The first-order valence-corrected chi connectivity index (χ1v) is 6.48. The lowest BCUT2D eigenvalue weighted by Gasteiger charge is -2.05. The molecule has 1 aromatic heterocycles. The molecule has 1 heterocycles. The van der Waals surface area contributed by atoms with Gasteiger partial charge in [0.15, 0.2) is 6.29 Å². The number of rotatable bonds is 7. The van der Waals surface area contributed by atoms with Gasteiger partial charge in [-0.05, 0) is 17.5 Å². The lowest BCUT2D eigenvalue weighted by Crippen LogP contribution is -2.09. The molecule has 0 spiro atoms. The fourth-order valence-corrected chi connectivity index (χ4v) is 2.15. The van der Waals surface area contributed by atoms with Gasteiger partial charge in [0.2, 0.25) is 0 Å². The zero-order valence-electron chi connectivity index (χ0n) is 11.3. The number of aldehydes is 1. The first kappa shape index (κ1) is 16.2. The highest BCUT2D eigenvalue weighted by molar-refractivity contribution is 6.17. The molecule has 0 amide bonds. The van der Waals surface area contributed by atoms with Crippen LogP contribution in [-0.2, 0) is 37.8 Å². The molecule has 0 aliphatic carbocycles. The number of hydrogen-bond donors (Lipinski definition) is 1. The van der Waals surface area contributed by atoms with Crippen molar-refractivity contribution in [3.8, 4) is 0 Å². The van der Waals surface area contributed by atoms with Crippen molar-refractivity contribution >= 4 is 29.8 Å². The second kappa shape index (κ2) is 7.69. The van der Waals surface area contributed by atoms with E-state index in [0.29, 0.717) is 29.5 Å². The van der Waals surface area contributed by atoms with E-state index in [-0.39, 0.29) is 30.4 Å². The summed E-state index contributed by atoms with van der Waals surface area (Å²) >= 11 is 5.81. The van der Waals surface area contributed by atoms with Crippen LogP contribution in [0, 0.1) is 0 Å². The molecule has 0 unspecified atom stereocenters. The molecular formula is C13H16ClNO5. The van der Waals surface area contributed by atoms with Crippen molar-refractivity contribution in [2.75, 3.05) is 14.2 Å². The van der Waals surface area contributed by atoms with Crippen molar-refractivity contribution in [2.24, 2.45) is 0 Å². The summed E-state index contributed by atoms with van der Waals surface area (Å²) in [7, 11) is 2.57. The van der Waals surface area contributed by atoms with Gasteiger partial charge in [0.1, 0.15) is 0 Å². The van der Waals surface area contributed by atoms with Gasteiger partial charge in [0, 0.05) is 12.1 Å². The van der Waals surface area contributed by atoms with Crippen molar-refractivity contribution in [2.45, 2.75) is 25.1 Å². The summed E-state index contributed by atoms with van der Waals surface area (Å²) in [6, 6.07) is 0. The summed E-state index contributed by atoms with van der Waals surface area (Å²) in [6.45, 7) is 0. The highest BCUT2D eigenvalue weighted by Crippen LogP contribution is 2.23. The van der Waals surface area contributed by atoms with E-state index in [1.54, 1.807) is 0 Å². The van der Waals surface area contributed by atoms with Gasteiger partial charge < -0.3 is 14.5 Å². The van der Waals surface area contributed by atoms with Gasteiger partial charge in [-0.3, -0.25) is 14.4 Å². The minimum atomic E-state index is -0.465. The first-order valence-electron chi connectivity index (χ1n) is 5.94. The molecule has 0 aliphatic rings. The zero-order chi connectivity index (χ0) is 15.1. The second-order valence-electron chi connectivity index (χ2n) is 4.05. The van der Waals surface area contributed by atoms with Crippen molar-refractivity contribution in [3.05, 3.63) is 22.5 Å². The maximum atomic E-state index is 11.4. The summed E-state index contributed by atoms with van der Waals surface area (Å²) in [5.41, 5.74) is 2.12. The van der Waals surface area contributed by atoms with Crippen molar-refractivity contribution < 1.29 is 23.9 Å². The van der Waals surface area contributed by atoms with Gasteiger partial charge in [-0.15, -0.1) is 11.6 Å². The van der Waals surface area contributed by atoms with Crippen molar-refractivity contribution in [3.63, 3.8) is 0 Å². The first-order chi connectivity index (χ1) is 9.57. The van der Waals surface area contributed by atoms with Crippen LogP contribution in [0.3, 0.4) is 0 Å². The number of alkyl halides is 1.